The number of hydrogen-bond acceptors (Lipinski definition) is 0. The van der Waals surface area contributed by atoms with Gasteiger partial charge in [0, 0.05) is 0 Å². The first kappa shape index (κ1) is 9.08. The second-order valence-corrected chi connectivity index (χ2v) is 3.44. The molecule has 0 heterocycles. The second kappa shape index (κ2) is 3.71. The third-order valence-corrected chi connectivity index (χ3v) is 2.34. The van der Waals surface area contributed by atoms with Crippen molar-refractivity contribution in [2.75, 3.05) is 0 Å². The van der Waals surface area contributed by atoms with E-state index in [0.29, 0.717) is 0 Å². The van der Waals surface area contributed by atoms with Crippen LogP contribution in [0.3, 0.4) is 0 Å². The Balaban J connectivity index is 2.55. The van der Waals surface area contributed by atoms with E-state index >= 15 is 0 Å². The second-order valence-electron chi connectivity index (χ2n) is 3.44. The van der Waals surface area contributed by atoms with Crippen molar-refractivity contribution in [1.82, 2.24) is 0 Å². The van der Waals surface area contributed by atoms with Crippen molar-refractivity contribution in [3.05, 3.63) is 54.1 Å². The van der Waals surface area contributed by atoms with Crippen LogP contribution in [0.5, 0.6) is 0 Å². The monoisotopic (exact) mass is 178 g/mol. The van der Waals surface area contributed by atoms with Gasteiger partial charge in [-0.15, -0.1) is 0 Å². The lowest BCUT2D eigenvalue weighted by Gasteiger charge is -2.06. The van der Waals surface area contributed by atoms with Crippen LogP contribution in [-0.2, 0) is 0 Å². The molecule has 0 amide bonds. The fourth-order valence-electron chi connectivity index (χ4n) is 1.60. The van der Waals surface area contributed by atoms with E-state index in [9.17, 15) is 0 Å². The van der Waals surface area contributed by atoms with Gasteiger partial charge in [0.05, 0.1) is 0 Å². The van der Waals surface area contributed by atoms with Crippen LogP contribution < -0.4 is 5.46 Å². The predicted octanol–water partition coefficient (Wildman–Crippen LogP) is 2.46. The van der Waals surface area contributed by atoms with Crippen molar-refractivity contribution in [2.45, 2.75) is 6.92 Å². The lowest BCUT2D eigenvalue weighted by molar-refractivity contribution is 1.46. The number of rotatable bonds is 1. The van der Waals surface area contributed by atoms with Crippen LogP contribution >= 0.6 is 0 Å². The number of benzene rings is 2. The van der Waals surface area contributed by atoms with E-state index in [2.05, 4.69) is 25.1 Å². The Labute approximate surface area is 86.0 Å². The molecule has 0 spiro atoms. The van der Waals surface area contributed by atoms with Crippen LogP contribution in [0.25, 0.3) is 11.1 Å². The van der Waals surface area contributed by atoms with Crippen molar-refractivity contribution in [3.63, 3.8) is 0 Å². The zero-order valence-electron chi connectivity index (χ0n) is 8.20. The molecule has 0 saturated heterocycles. The molecule has 66 valence electrons. The van der Waals surface area contributed by atoms with E-state index in [1.54, 1.807) is 0 Å². The molecule has 0 unspecified atom stereocenters. The van der Waals surface area contributed by atoms with Crippen molar-refractivity contribution < 1.29 is 0 Å². The summed E-state index contributed by atoms with van der Waals surface area (Å²) >= 11 is 0. The molecule has 0 atom stereocenters. The Morgan fingerprint density at radius 2 is 1.71 bits per heavy atom. The van der Waals surface area contributed by atoms with Gasteiger partial charge in [-0.05, 0) is 23.6 Å². The summed E-state index contributed by atoms with van der Waals surface area (Å²) in [6.45, 7) is 2.11. The molecule has 0 nitrogen and oxygen atoms in total. The first-order chi connectivity index (χ1) is 6.77. The minimum absolute atomic E-state index is 0.811. The highest BCUT2D eigenvalue weighted by Crippen LogP contribution is 2.21. The highest BCUT2D eigenvalue weighted by atomic mass is 14.0. The SMILES string of the molecule is [B]c1cccc(-c2ccccc2C)c1. The zero-order chi connectivity index (χ0) is 9.97. The summed E-state index contributed by atoms with van der Waals surface area (Å²) in [7, 11) is 5.75. The Kier molecular flexibility index (Phi) is 2.40. The van der Waals surface area contributed by atoms with Crippen molar-refractivity contribution in [1.29, 1.82) is 0 Å². The Hall–Kier alpha value is -1.50. The van der Waals surface area contributed by atoms with E-state index < -0.39 is 0 Å². The van der Waals surface area contributed by atoms with Crippen LogP contribution in [0.4, 0.5) is 0 Å². The van der Waals surface area contributed by atoms with Crippen molar-refractivity contribution >= 4 is 13.3 Å². The molecule has 0 aromatic heterocycles. The normalized spacial score (nSPS) is 10.1. The van der Waals surface area contributed by atoms with Gasteiger partial charge >= 0.3 is 0 Å². The molecule has 0 bridgehead atoms. The van der Waals surface area contributed by atoms with E-state index in [-0.39, 0.29) is 0 Å². The summed E-state index contributed by atoms with van der Waals surface area (Å²) in [5, 5.41) is 0. The average molecular weight is 178 g/mol. The largest absolute Gasteiger partial charge is 0.113 e. The fourth-order valence-corrected chi connectivity index (χ4v) is 1.60. The van der Waals surface area contributed by atoms with Gasteiger partial charge in [-0.25, -0.2) is 0 Å². The van der Waals surface area contributed by atoms with Gasteiger partial charge < -0.3 is 0 Å². The van der Waals surface area contributed by atoms with Gasteiger partial charge in [-0.3, -0.25) is 0 Å². The molecule has 0 N–H and O–H groups in total. The minimum atomic E-state index is 0.811. The first-order valence-corrected chi connectivity index (χ1v) is 4.69. The fraction of sp³-hybridized carbons (Fsp3) is 0.0769. The van der Waals surface area contributed by atoms with Gasteiger partial charge in [0.15, 0.2) is 0 Å². The summed E-state index contributed by atoms with van der Waals surface area (Å²) in [5.74, 6) is 0. The lowest BCUT2D eigenvalue weighted by Crippen LogP contribution is -2.00. The highest BCUT2D eigenvalue weighted by molar-refractivity contribution is 6.32. The van der Waals surface area contributed by atoms with Gasteiger partial charge in [0.1, 0.15) is 7.85 Å². The first-order valence-electron chi connectivity index (χ1n) is 4.69. The number of aryl methyl sites for hydroxylation is 1. The predicted molar refractivity (Wildman–Crippen MR) is 62.0 cm³/mol. The summed E-state index contributed by atoms with van der Waals surface area (Å²) in [6, 6.07) is 16.3. The number of hydrogen-bond donors (Lipinski definition) is 0. The van der Waals surface area contributed by atoms with Crippen LogP contribution in [-0.4, -0.2) is 7.85 Å². The lowest BCUT2D eigenvalue weighted by atomic mass is 9.91. The molecule has 14 heavy (non-hydrogen) atoms. The molecule has 2 radical (unpaired) electrons. The van der Waals surface area contributed by atoms with Crippen LogP contribution in [0.15, 0.2) is 48.5 Å². The van der Waals surface area contributed by atoms with Crippen LogP contribution in [0, 0.1) is 6.92 Å². The molecule has 0 fully saturated rings. The van der Waals surface area contributed by atoms with E-state index in [1.165, 1.54) is 16.7 Å². The third-order valence-electron chi connectivity index (χ3n) is 2.34. The molecule has 0 aliphatic heterocycles. The smallest absolute Gasteiger partial charge is 0.0961 e. The van der Waals surface area contributed by atoms with Crippen molar-refractivity contribution in [2.24, 2.45) is 0 Å². The average Bonchev–Trinajstić information content (AvgIpc) is 2.18. The van der Waals surface area contributed by atoms with Gasteiger partial charge in [-0.2, -0.15) is 0 Å². The summed E-state index contributed by atoms with van der Waals surface area (Å²) in [5.41, 5.74) is 4.52. The summed E-state index contributed by atoms with van der Waals surface area (Å²) in [4.78, 5) is 0. The molecule has 2 aromatic rings. The van der Waals surface area contributed by atoms with E-state index in [0.717, 1.165) is 5.46 Å². The van der Waals surface area contributed by atoms with Gasteiger partial charge in [0.25, 0.3) is 0 Å². The molecular formula is C13H11B. The molecule has 0 aliphatic carbocycles. The third kappa shape index (κ3) is 1.72. The summed E-state index contributed by atoms with van der Waals surface area (Å²) in [6.07, 6.45) is 0. The maximum absolute atomic E-state index is 5.75. The maximum Gasteiger partial charge on any atom is 0.113 e. The Bertz CT molecular complexity index is 446. The standard InChI is InChI=1S/C13H11B/c1-10-5-2-3-8-13(10)11-6-4-7-12(14)9-11/h2-9H,1H3. The molecule has 2 aromatic carbocycles. The maximum atomic E-state index is 5.75. The Morgan fingerprint density at radius 3 is 2.43 bits per heavy atom. The molecule has 0 saturated carbocycles. The van der Waals surface area contributed by atoms with E-state index in [4.69, 9.17) is 7.85 Å². The van der Waals surface area contributed by atoms with Gasteiger partial charge in [-0.1, -0.05) is 54.0 Å². The highest BCUT2D eigenvalue weighted by Gasteiger charge is 1.99. The summed E-state index contributed by atoms with van der Waals surface area (Å²) < 4.78 is 0. The molecule has 2 rings (SSSR count). The van der Waals surface area contributed by atoms with Crippen LogP contribution in [0.1, 0.15) is 5.56 Å². The Morgan fingerprint density at radius 1 is 0.929 bits per heavy atom. The van der Waals surface area contributed by atoms with E-state index in [1.807, 2.05) is 30.3 Å². The quantitative estimate of drug-likeness (QED) is 0.588. The molecular weight excluding hydrogens is 167 g/mol. The zero-order valence-corrected chi connectivity index (χ0v) is 8.20. The van der Waals surface area contributed by atoms with Gasteiger partial charge in [0.2, 0.25) is 0 Å². The topological polar surface area (TPSA) is 0 Å². The van der Waals surface area contributed by atoms with Crippen LogP contribution in [0.2, 0.25) is 0 Å². The molecule has 1 heteroatoms. The van der Waals surface area contributed by atoms with Crippen molar-refractivity contribution in [3.8, 4) is 11.1 Å². The minimum Gasteiger partial charge on any atom is -0.0961 e. The molecule has 0 aliphatic rings.